The molecule has 21 heteroatoms. The molecule has 0 aliphatic carbocycles. The van der Waals surface area contributed by atoms with Gasteiger partial charge in [-0.2, -0.15) is 0 Å². The van der Waals surface area contributed by atoms with Crippen molar-refractivity contribution in [2.24, 2.45) is 34.9 Å². The zero-order chi connectivity index (χ0) is 96.1. The molecule has 0 amide bonds. The van der Waals surface area contributed by atoms with Gasteiger partial charge < -0.3 is 47.4 Å². The lowest BCUT2D eigenvalue weighted by atomic mass is 10.0. The number of carbonyl (C=O) groups excluding carboxylic acids is 2. The predicted molar refractivity (Wildman–Crippen MR) is 555 cm³/mol. The fourth-order valence-corrected chi connectivity index (χ4v) is 15.5. The first kappa shape index (κ1) is 95.1. The van der Waals surface area contributed by atoms with Gasteiger partial charge in [-0.15, -0.1) is 0 Å². The maximum absolute atomic E-state index is 11.4. The molecule has 15 aromatic carbocycles. The molecule has 7 aliphatic heterocycles. The van der Waals surface area contributed by atoms with Crippen molar-refractivity contribution in [3.05, 3.63) is 432 Å². The van der Waals surface area contributed by atoms with Crippen LogP contribution < -0.4 is 37.9 Å². The van der Waals surface area contributed by atoms with Crippen LogP contribution in [0.1, 0.15) is 104 Å². The maximum Gasteiger partial charge on any atom is 0.337 e. The van der Waals surface area contributed by atoms with E-state index in [-0.39, 0.29) is 11.9 Å². The number of benzene rings is 15. The summed E-state index contributed by atoms with van der Waals surface area (Å²) in [6.07, 6.45) is 0. The average Bonchev–Trinajstić information content (AvgIpc) is 0.783. The second-order valence-corrected chi connectivity index (χ2v) is 34.3. The van der Waals surface area contributed by atoms with E-state index >= 15 is 0 Å². The summed E-state index contributed by atoms with van der Waals surface area (Å²) in [5.41, 5.74) is 33.1. The van der Waals surface area contributed by atoms with Crippen molar-refractivity contribution in [3.8, 4) is 57.1 Å². The van der Waals surface area contributed by atoms with Gasteiger partial charge in [0.15, 0.2) is 0 Å². The normalized spacial score (nSPS) is 13.2. The number of rotatable bonds is 11. The Morgan fingerprint density at radius 1 is 0.225 bits per heavy atom. The monoisotopic (exact) mass is 1870 g/mol. The van der Waals surface area contributed by atoms with Gasteiger partial charge in [0, 0.05) is 22.2 Å². The molecule has 0 saturated carbocycles. The molecule has 0 saturated heterocycles. The van der Waals surface area contributed by atoms with Crippen LogP contribution in [0.3, 0.4) is 0 Å². The summed E-state index contributed by atoms with van der Waals surface area (Å²) in [5.74, 6) is 5.87. The number of halogens is 2. The number of methoxy groups -OCH3 is 3. The van der Waals surface area contributed by atoms with Crippen molar-refractivity contribution in [2.45, 2.75) is 55.4 Å². The van der Waals surface area contributed by atoms with Gasteiger partial charge in [0.25, 0.3) is 0 Å². The number of hydrogen-bond acceptors (Lipinski definition) is 19. The topological polar surface area (TPSA) is 213 Å². The van der Waals surface area contributed by atoms with E-state index in [0.29, 0.717) is 73.2 Å². The third-order valence-electron chi connectivity index (χ3n) is 22.9. The van der Waals surface area contributed by atoms with Gasteiger partial charge in [0.2, 0.25) is 0 Å². The predicted octanol–water partition coefficient (Wildman–Crippen LogP) is 27.4. The third kappa shape index (κ3) is 24.7. The third-order valence-corrected chi connectivity index (χ3v) is 23.4. The molecular formula is C117H101Cl2N7O12. The number of esters is 2. The van der Waals surface area contributed by atoms with Gasteiger partial charge >= 0.3 is 11.9 Å². The Labute approximate surface area is 813 Å². The number of aryl methyl sites for hydroxylation is 8. The molecule has 0 fully saturated rings. The van der Waals surface area contributed by atoms with Crippen LogP contribution in [0.4, 0.5) is 39.8 Å². The van der Waals surface area contributed by atoms with E-state index in [9.17, 15) is 9.59 Å². The molecule has 0 bridgehead atoms. The lowest BCUT2D eigenvalue weighted by molar-refractivity contribution is 0.0592. The van der Waals surface area contributed by atoms with Crippen molar-refractivity contribution >= 4 is 115 Å². The first-order chi connectivity index (χ1) is 67.1. The highest BCUT2D eigenvalue weighted by Gasteiger charge is 2.24. The van der Waals surface area contributed by atoms with Crippen molar-refractivity contribution in [2.75, 3.05) is 67.6 Å². The maximum atomic E-state index is 11.4. The Kier molecular flexibility index (Phi) is 30.9. The number of ether oxygens (including phenoxy) is 10. The second kappa shape index (κ2) is 44.8. The fraction of sp³-hybridized carbons (Fsp3) is 0.154. The van der Waals surface area contributed by atoms with E-state index in [0.717, 1.165) is 165 Å². The minimum Gasteiger partial charge on any atom is -0.497 e. The Morgan fingerprint density at radius 2 is 0.420 bits per heavy atom. The number of carbonyl (C=O) groups is 2. The molecule has 7 heterocycles. The molecule has 7 aliphatic rings. The summed E-state index contributed by atoms with van der Waals surface area (Å²) >= 11 is 11.8. The minimum atomic E-state index is -0.358. The Hall–Kier alpha value is -16.1. The van der Waals surface area contributed by atoms with Crippen LogP contribution >= 0.6 is 23.2 Å². The summed E-state index contributed by atoms with van der Waals surface area (Å²) in [5, 5.41) is 1.29. The fourth-order valence-electron chi connectivity index (χ4n) is 15.2. The highest BCUT2D eigenvalue weighted by atomic mass is 35.5. The van der Waals surface area contributed by atoms with Crippen LogP contribution in [0.15, 0.2) is 363 Å². The minimum absolute atomic E-state index is 0.343. The van der Waals surface area contributed by atoms with Crippen LogP contribution in [0.25, 0.3) is 11.1 Å². The standard InChI is InChI=1S/C21H17NO.C17H15NO3.C16H12ClNO3.C16H15NO2.2C16H15NO.C15H12ClNO/c1-15-7-12-19-21(13-15)23-14-20(22-19)18-10-8-17(9-11-18)16-5-3-2-4-6-16;1-11-3-8-14-16(9-11)21-10-15(18-14)12-4-6-13(7-5-12)17(19)20-2;1-20-16(19)11-4-2-10(3-5-11)14-9-21-15-8-12(17)6-7-13(15)18-14;1-11-3-8-14-16(9-11)19-10-15(17-14)12-4-6-13(18-2)7-5-12;2*1-11-3-6-13(7-4-11)15-10-18-16-9-12(2)5-8-14(16)17-15;1-10-2-4-11(5-3-10)14-9-18-15-8-12(16)6-7-13(15)17-14/h2-13H,14H2,1H3;3-9H,10H2,1-2H3;2-8H,9H2,1H3;3-9H,10H2,1-2H3;2*3-9H,10H2,1-2H3;2-8H,9H2,1H3. The zero-order valence-electron chi connectivity index (χ0n) is 78.4. The number of fused-ring (bicyclic) bond motifs is 7. The molecule has 19 nitrogen and oxygen atoms in total. The molecule has 0 aromatic heterocycles. The molecule has 0 atom stereocenters. The zero-order valence-corrected chi connectivity index (χ0v) is 79.9. The molecule has 690 valence electrons. The van der Waals surface area contributed by atoms with Crippen molar-refractivity contribution in [3.63, 3.8) is 0 Å². The van der Waals surface area contributed by atoms with Gasteiger partial charge in [0.1, 0.15) is 132 Å². The lowest BCUT2D eigenvalue weighted by Crippen LogP contribution is -2.16. The summed E-state index contributed by atoms with van der Waals surface area (Å²) < 4.78 is 54.8. The van der Waals surface area contributed by atoms with Gasteiger partial charge in [0.05, 0.1) is 72.4 Å². The lowest BCUT2D eigenvalue weighted by Gasteiger charge is -2.17. The molecule has 15 aromatic rings. The molecular weight excluding hydrogens is 1770 g/mol. The van der Waals surface area contributed by atoms with Crippen LogP contribution in [0, 0.1) is 55.4 Å². The van der Waals surface area contributed by atoms with Crippen LogP contribution in [0.5, 0.6) is 46.0 Å². The number of aliphatic imine (C=N–C) groups is 7. The van der Waals surface area contributed by atoms with E-state index in [1.807, 2.05) is 159 Å². The summed E-state index contributed by atoms with van der Waals surface area (Å²) in [6, 6.07) is 107. The molecule has 138 heavy (non-hydrogen) atoms. The first-order valence-electron chi connectivity index (χ1n) is 45.0. The first-order valence-corrected chi connectivity index (χ1v) is 45.8. The van der Waals surface area contributed by atoms with Gasteiger partial charge in [-0.05, 0) is 267 Å². The van der Waals surface area contributed by atoms with Crippen molar-refractivity contribution < 1.29 is 57.0 Å². The van der Waals surface area contributed by atoms with E-state index in [2.05, 4.69) is 220 Å². The van der Waals surface area contributed by atoms with Crippen LogP contribution in [-0.4, -0.2) is 119 Å². The average molecular weight is 1870 g/mol. The highest BCUT2D eigenvalue weighted by Crippen LogP contribution is 2.41. The Balaban J connectivity index is 0.000000117. The molecule has 0 N–H and O–H groups in total. The van der Waals surface area contributed by atoms with Crippen molar-refractivity contribution in [1.82, 2.24) is 0 Å². The van der Waals surface area contributed by atoms with Crippen LogP contribution in [0.2, 0.25) is 10.0 Å². The van der Waals surface area contributed by atoms with E-state index < -0.39 is 0 Å². The molecule has 0 unspecified atom stereocenters. The molecule has 0 radical (unpaired) electrons. The smallest absolute Gasteiger partial charge is 0.337 e. The SMILES string of the molecule is COC(=O)c1ccc(C2=Nc3ccc(C)cc3OC2)cc1.COC(=O)c1ccc(C2=Nc3ccc(Cl)cc3OC2)cc1.COc1ccc(C2=Nc3ccc(C)cc3OC2)cc1.Cc1ccc(C2=Nc3ccc(C)cc3OC2)cc1.Cc1ccc(C2=Nc3ccc(C)cc3OC2)cc1.Cc1ccc(C2=Nc3ccc(Cl)cc3OC2)cc1.Cc1ccc2c(c1)OCC(c1ccc(-c3ccccc3)cc1)=N2. The summed E-state index contributed by atoms with van der Waals surface area (Å²) in [4.78, 5) is 55.4. The quantitative estimate of drug-likeness (QED) is 0.111. The largest absolute Gasteiger partial charge is 0.497 e. The van der Waals surface area contributed by atoms with E-state index in [4.69, 9.17) is 66.1 Å². The van der Waals surface area contributed by atoms with E-state index in [1.54, 1.807) is 49.6 Å². The van der Waals surface area contributed by atoms with Gasteiger partial charge in [-0.1, -0.05) is 222 Å². The van der Waals surface area contributed by atoms with Crippen molar-refractivity contribution in [1.29, 1.82) is 0 Å². The molecule has 0 spiro atoms. The molecule has 22 rings (SSSR count). The van der Waals surface area contributed by atoms with Gasteiger partial charge in [-0.3, -0.25) is 0 Å². The second-order valence-electron chi connectivity index (χ2n) is 33.4. The number of nitrogens with zero attached hydrogens (tertiary/aromatic N) is 7. The van der Waals surface area contributed by atoms with Crippen LogP contribution in [-0.2, 0) is 9.47 Å². The summed E-state index contributed by atoms with van der Waals surface area (Å²) in [7, 11) is 4.39. The van der Waals surface area contributed by atoms with Gasteiger partial charge in [-0.25, -0.2) is 44.5 Å². The Bertz CT molecular complexity index is 6790. The van der Waals surface area contributed by atoms with E-state index in [1.165, 1.54) is 64.3 Å². The number of hydrogen-bond donors (Lipinski definition) is 0. The summed E-state index contributed by atoms with van der Waals surface area (Å²) in [6.45, 7) is 19.9. The highest BCUT2D eigenvalue weighted by molar-refractivity contribution is 6.31. The Morgan fingerprint density at radius 3 is 0.659 bits per heavy atom.